The summed E-state index contributed by atoms with van der Waals surface area (Å²) in [5.41, 5.74) is 8.92. The quantitative estimate of drug-likeness (QED) is 0.721. The summed E-state index contributed by atoms with van der Waals surface area (Å²) in [7, 11) is 0. The minimum atomic E-state index is 0.683. The van der Waals surface area contributed by atoms with Crippen LogP contribution in [-0.2, 0) is 0 Å². The van der Waals surface area contributed by atoms with Gasteiger partial charge in [0.05, 0.1) is 10.7 Å². The van der Waals surface area contributed by atoms with Gasteiger partial charge in [-0.25, -0.2) is 4.98 Å². The van der Waals surface area contributed by atoms with Crippen molar-refractivity contribution < 1.29 is 4.52 Å². The minimum Gasteiger partial charge on any atom is -0.395 e. The first-order chi connectivity index (χ1) is 7.66. The third-order valence-corrected chi connectivity index (χ3v) is 4.27. The van der Waals surface area contributed by atoms with Crippen LogP contribution in [-0.4, -0.2) is 10.1 Å². The Morgan fingerprint density at radius 3 is 2.88 bits per heavy atom. The molecular weight excluding hydrogens is 242 g/mol. The Hall–Kier alpha value is -1.40. The highest BCUT2D eigenvalue weighted by Gasteiger charge is 2.18. The van der Waals surface area contributed by atoms with E-state index in [1.165, 1.54) is 0 Å². The van der Waals surface area contributed by atoms with E-state index in [4.69, 9.17) is 10.3 Å². The van der Waals surface area contributed by atoms with Crippen molar-refractivity contribution >= 4 is 38.6 Å². The zero-order valence-electron chi connectivity index (χ0n) is 8.77. The Morgan fingerprint density at radius 1 is 1.38 bits per heavy atom. The maximum atomic E-state index is 5.89. The highest BCUT2D eigenvalue weighted by atomic mass is 32.1. The fourth-order valence-corrected chi connectivity index (χ4v) is 3.14. The summed E-state index contributed by atoms with van der Waals surface area (Å²) in [5, 5.41) is 7.05. The number of aryl methyl sites for hydroxylation is 2. The van der Waals surface area contributed by atoms with Gasteiger partial charge in [-0.05, 0) is 13.8 Å². The number of thiophene rings is 1. The van der Waals surface area contributed by atoms with Crippen molar-refractivity contribution in [1.29, 1.82) is 0 Å². The lowest BCUT2D eigenvalue weighted by Crippen LogP contribution is -1.81. The van der Waals surface area contributed by atoms with Crippen LogP contribution >= 0.6 is 22.7 Å². The van der Waals surface area contributed by atoms with Gasteiger partial charge >= 0.3 is 0 Å². The van der Waals surface area contributed by atoms with Gasteiger partial charge in [0.1, 0.15) is 10.4 Å². The van der Waals surface area contributed by atoms with E-state index in [9.17, 15) is 0 Å². The van der Waals surface area contributed by atoms with Crippen LogP contribution in [0.25, 0.3) is 21.7 Å². The molecule has 0 bridgehead atoms. The van der Waals surface area contributed by atoms with Crippen molar-refractivity contribution in [2.24, 2.45) is 0 Å². The Balaban J connectivity index is 2.28. The standard InChI is InChI=1S/C10H9N3OS2/c1-4-7(11)9-10(16-4)8(13-14-9)6-3-15-5(2)12-6/h3H,11H2,1-2H3. The van der Waals surface area contributed by atoms with E-state index in [-0.39, 0.29) is 0 Å². The van der Waals surface area contributed by atoms with E-state index < -0.39 is 0 Å². The molecule has 0 spiro atoms. The molecule has 82 valence electrons. The number of fused-ring (bicyclic) bond motifs is 1. The molecule has 0 aliphatic carbocycles. The highest BCUT2D eigenvalue weighted by Crippen LogP contribution is 2.39. The first-order valence-electron chi connectivity index (χ1n) is 4.73. The molecule has 16 heavy (non-hydrogen) atoms. The van der Waals surface area contributed by atoms with E-state index in [1.54, 1.807) is 22.7 Å². The minimum absolute atomic E-state index is 0.683. The van der Waals surface area contributed by atoms with Gasteiger partial charge in [0.2, 0.25) is 5.58 Å². The topological polar surface area (TPSA) is 64.9 Å². The van der Waals surface area contributed by atoms with Crippen LogP contribution < -0.4 is 5.73 Å². The number of nitrogens with two attached hydrogens (primary N) is 1. The highest BCUT2D eigenvalue weighted by molar-refractivity contribution is 7.20. The van der Waals surface area contributed by atoms with Gasteiger partial charge < -0.3 is 10.3 Å². The van der Waals surface area contributed by atoms with E-state index in [2.05, 4.69) is 10.1 Å². The number of thiazole rings is 1. The van der Waals surface area contributed by atoms with Crippen molar-refractivity contribution in [3.05, 3.63) is 15.3 Å². The van der Waals surface area contributed by atoms with Gasteiger partial charge in [-0.2, -0.15) is 0 Å². The maximum Gasteiger partial charge on any atom is 0.201 e. The number of anilines is 1. The smallest absolute Gasteiger partial charge is 0.201 e. The molecule has 3 aromatic heterocycles. The van der Waals surface area contributed by atoms with Crippen molar-refractivity contribution in [3.8, 4) is 11.4 Å². The lowest BCUT2D eigenvalue weighted by molar-refractivity contribution is 0.460. The molecule has 4 nitrogen and oxygen atoms in total. The lowest BCUT2D eigenvalue weighted by Gasteiger charge is -1.86. The molecule has 0 atom stereocenters. The van der Waals surface area contributed by atoms with Gasteiger partial charge in [0.25, 0.3) is 0 Å². The van der Waals surface area contributed by atoms with Gasteiger partial charge in [0, 0.05) is 10.3 Å². The molecule has 3 heterocycles. The average Bonchev–Trinajstić information content (AvgIpc) is 2.88. The van der Waals surface area contributed by atoms with E-state index in [0.29, 0.717) is 11.3 Å². The maximum absolute atomic E-state index is 5.89. The molecule has 0 unspecified atom stereocenters. The summed E-state index contributed by atoms with van der Waals surface area (Å²) in [6.45, 7) is 3.95. The number of nitrogens with zero attached hydrogens (tertiary/aromatic N) is 2. The van der Waals surface area contributed by atoms with Gasteiger partial charge in [-0.1, -0.05) is 5.16 Å². The van der Waals surface area contributed by atoms with Gasteiger partial charge in [0.15, 0.2) is 5.69 Å². The molecule has 0 saturated heterocycles. The van der Waals surface area contributed by atoms with Gasteiger partial charge in [-0.3, -0.25) is 0 Å². The predicted molar refractivity (Wildman–Crippen MR) is 66.9 cm³/mol. The lowest BCUT2D eigenvalue weighted by atomic mass is 10.3. The molecule has 0 aliphatic rings. The summed E-state index contributed by atoms with van der Waals surface area (Å²) < 4.78 is 6.25. The zero-order valence-corrected chi connectivity index (χ0v) is 10.4. The Kier molecular flexibility index (Phi) is 2.02. The van der Waals surface area contributed by atoms with Crippen LogP contribution in [0.1, 0.15) is 9.88 Å². The van der Waals surface area contributed by atoms with Crippen LogP contribution in [0, 0.1) is 13.8 Å². The number of aromatic nitrogens is 2. The molecule has 2 N–H and O–H groups in total. The number of hydrogen-bond donors (Lipinski definition) is 1. The fourth-order valence-electron chi connectivity index (χ4n) is 1.55. The van der Waals surface area contributed by atoms with E-state index in [1.807, 2.05) is 19.2 Å². The second-order valence-corrected chi connectivity index (χ2v) is 5.80. The third-order valence-electron chi connectivity index (χ3n) is 2.39. The number of nitrogen functional groups attached to an aromatic ring is 1. The van der Waals surface area contributed by atoms with Crippen LogP contribution in [0.2, 0.25) is 0 Å². The summed E-state index contributed by atoms with van der Waals surface area (Å²) in [4.78, 5) is 5.46. The molecular formula is C10H9N3OS2. The zero-order chi connectivity index (χ0) is 11.3. The van der Waals surface area contributed by atoms with Crippen LogP contribution in [0.15, 0.2) is 9.90 Å². The van der Waals surface area contributed by atoms with E-state index in [0.717, 1.165) is 26.0 Å². The van der Waals surface area contributed by atoms with Crippen LogP contribution in [0.4, 0.5) is 5.69 Å². The Morgan fingerprint density at radius 2 is 2.19 bits per heavy atom. The summed E-state index contributed by atoms with van der Waals surface area (Å²) in [5.74, 6) is 0. The molecule has 3 rings (SSSR count). The second kappa shape index (κ2) is 3.29. The molecule has 0 radical (unpaired) electrons. The summed E-state index contributed by atoms with van der Waals surface area (Å²) >= 11 is 3.20. The normalized spacial score (nSPS) is 11.4. The second-order valence-electron chi connectivity index (χ2n) is 3.51. The van der Waals surface area contributed by atoms with Crippen molar-refractivity contribution in [2.45, 2.75) is 13.8 Å². The number of rotatable bonds is 1. The largest absolute Gasteiger partial charge is 0.395 e. The first kappa shape index (κ1) is 9.80. The van der Waals surface area contributed by atoms with Crippen LogP contribution in [0.3, 0.4) is 0 Å². The Labute approximate surface area is 99.7 Å². The van der Waals surface area contributed by atoms with Crippen LogP contribution in [0.5, 0.6) is 0 Å². The molecule has 0 saturated carbocycles. The van der Waals surface area contributed by atoms with Gasteiger partial charge in [-0.15, -0.1) is 22.7 Å². The fraction of sp³-hybridized carbons (Fsp3) is 0.200. The average molecular weight is 251 g/mol. The monoisotopic (exact) mass is 251 g/mol. The third kappa shape index (κ3) is 1.27. The van der Waals surface area contributed by atoms with E-state index >= 15 is 0 Å². The number of hydrogen-bond acceptors (Lipinski definition) is 6. The Bertz CT molecular complexity index is 665. The summed E-state index contributed by atoms with van der Waals surface area (Å²) in [6, 6.07) is 0. The van der Waals surface area contributed by atoms with Crippen molar-refractivity contribution in [2.75, 3.05) is 5.73 Å². The molecule has 0 fully saturated rings. The molecule has 0 amide bonds. The van der Waals surface area contributed by atoms with Crippen molar-refractivity contribution in [1.82, 2.24) is 10.1 Å². The molecule has 0 aromatic carbocycles. The van der Waals surface area contributed by atoms with Crippen molar-refractivity contribution in [3.63, 3.8) is 0 Å². The molecule has 3 aromatic rings. The predicted octanol–water partition coefficient (Wildman–Crippen LogP) is 3.21. The summed E-state index contributed by atoms with van der Waals surface area (Å²) in [6.07, 6.45) is 0. The molecule has 6 heteroatoms. The first-order valence-corrected chi connectivity index (χ1v) is 6.43. The SMILES string of the molecule is Cc1nc(-c2noc3c(N)c(C)sc23)cs1. The molecule has 0 aliphatic heterocycles.